The summed E-state index contributed by atoms with van der Waals surface area (Å²) in [5.41, 5.74) is 0.579. The molecular formula is C17H25NO3. The molecule has 1 aromatic carbocycles. The van der Waals surface area contributed by atoms with E-state index in [1.165, 1.54) is 0 Å². The lowest BCUT2D eigenvalue weighted by Gasteiger charge is -2.31. The molecule has 21 heavy (non-hydrogen) atoms. The summed E-state index contributed by atoms with van der Waals surface area (Å²) in [6, 6.07) is 9.72. The molecule has 2 rings (SSSR count). The van der Waals surface area contributed by atoms with E-state index in [0.717, 1.165) is 18.4 Å². The van der Waals surface area contributed by atoms with Crippen molar-refractivity contribution < 1.29 is 14.6 Å². The molecule has 4 heteroatoms. The molecule has 1 fully saturated rings. The molecule has 2 atom stereocenters. The van der Waals surface area contributed by atoms with Crippen LogP contribution in [0.2, 0.25) is 0 Å². The van der Waals surface area contributed by atoms with E-state index in [1.54, 1.807) is 4.90 Å². The molecule has 0 unspecified atom stereocenters. The van der Waals surface area contributed by atoms with Gasteiger partial charge in [0.1, 0.15) is 5.60 Å². The standard InChI is InChI=1S/C17H25NO3/c1-17(2,3)21-16(20)18-11-7-10-14(18)15(19)12-13-8-5-4-6-9-13/h4-6,8-9,14-15,19H,7,10-12H2,1-3H3/t14-,15-/m0/s1. The van der Waals surface area contributed by atoms with E-state index >= 15 is 0 Å². The molecule has 1 amide bonds. The molecule has 4 nitrogen and oxygen atoms in total. The highest BCUT2D eigenvalue weighted by molar-refractivity contribution is 5.69. The van der Waals surface area contributed by atoms with Crippen LogP contribution in [0.3, 0.4) is 0 Å². The minimum atomic E-state index is -0.553. The highest BCUT2D eigenvalue weighted by atomic mass is 16.6. The second-order valence-corrected chi connectivity index (χ2v) is 6.64. The Balaban J connectivity index is 1.99. The van der Waals surface area contributed by atoms with Crippen molar-refractivity contribution in [2.24, 2.45) is 0 Å². The minimum Gasteiger partial charge on any atom is -0.444 e. The number of hydrogen-bond acceptors (Lipinski definition) is 3. The summed E-state index contributed by atoms with van der Waals surface area (Å²) < 4.78 is 5.43. The first-order valence-corrected chi connectivity index (χ1v) is 7.58. The molecular weight excluding hydrogens is 266 g/mol. The Morgan fingerprint density at radius 2 is 2.05 bits per heavy atom. The zero-order valence-electron chi connectivity index (χ0n) is 13.1. The molecule has 1 N–H and O–H groups in total. The van der Waals surface area contributed by atoms with E-state index in [9.17, 15) is 9.90 Å². The number of carbonyl (C=O) groups is 1. The Labute approximate surface area is 126 Å². The van der Waals surface area contributed by atoms with Crippen LogP contribution < -0.4 is 0 Å². The van der Waals surface area contributed by atoms with Gasteiger partial charge in [0.05, 0.1) is 12.1 Å². The largest absolute Gasteiger partial charge is 0.444 e. The predicted molar refractivity (Wildman–Crippen MR) is 82.1 cm³/mol. The summed E-state index contributed by atoms with van der Waals surface area (Å²) in [5, 5.41) is 10.5. The normalized spacial score (nSPS) is 20.4. The maximum absolute atomic E-state index is 12.2. The lowest BCUT2D eigenvalue weighted by atomic mass is 10.0. The van der Waals surface area contributed by atoms with Crippen LogP contribution in [0.15, 0.2) is 30.3 Å². The number of carbonyl (C=O) groups excluding carboxylic acids is 1. The smallest absolute Gasteiger partial charge is 0.410 e. The van der Waals surface area contributed by atoms with Crippen molar-refractivity contribution in [3.8, 4) is 0 Å². The molecule has 1 heterocycles. The summed E-state index contributed by atoms with van der Waals surface area (Å²) in [5.74, 6) is 0. The van der Waals surface area contributed by atoms with Gasteiger partial charge in [-0.15, -0.1) is 0 Å². The first-order valence-electron chi connectivity index (χ1n) is 7.58. The van der Waals surface area contributed by atoms with Gasteiger partial charge in [0.25, 0.3) is 0 Å². The molecule has 116 valence electrons. The number of hydrogen-bond donors (Lipinski definition) is 1. The molecule has 0 bridgehead atoms. The summed E-state index contributed by atoms with van der Waals surface area (Å²) in [7, 11) is 0. The van der Waals surface area contributed by atoms with Crippen LogP contribution in [0, 0.1) is 0 Å². The zero-order chi connectivity index (χ0) is 15.5. The van der Waals surface area contributed by atoms with Crippen LogP contribution in [0.4, 0.5) is 4.79 Å². The lowest BCUT2D eigenvalue weighted by Crippen LogP contribution is -2.45. The Morgan fingerprint density at radius 1 is 1.38 bits per heavy atom. The number of nitrogens with zero attached hydrogens (tertiary/aromatic N) is 1. The summed E-state index contributed by atoms with van der Waals surface area (Å²) in [4.78, 5) is 13.9. The van der Waals surface area contributed by atoms with Gasteiger partial charge in [-0.1, -0.05) is 30.3 Å². The molecule has 1 aromatic rings. The van der Waals surface area contributed by atoms with Gasteiger partial charge >= 0.3 is 6.09 Å². The van der Waals surface area contributed by atoms with Crippen LogP contribution in [-0.4, -0.2) is 40.4 Å². The third kappa shape index (κ3) is 4.46. The number of aliphatic hydroxyl groups is 1. The van der Waals surface area contributed by atoms with Gasteiger partial charge in [0.15, 0.2) is 0 Å². The zero-order valence-corrected chi connectivity index (χ0v) is 13.1. The fraction of sp³-hybridized carbons (Fsp3) is 0.588. The second kappa shape index (κ2) is 6.48. The van der Waals surface area contributed by atoms with E-state index < -0.39 is 11.7 Å². The molecule has 0 spiro atoms. The summed E-state index contributed by atoms with van der Waals surface area (Å²) >= 11 is 0. The van der Waals surface area contributed by atoms with Crippen molar-refractivity contribution in [3.63, 3.8) is 0 Å². The monoisotopic (exact) mass is 291 g/mol. The number of ether oxygens (including phenoxy) is 1. The van der Waals surface area contributed by atoms with Crippen LogP contribution in [-0.2, 0) is 11.2 Å². The van der Waals surface area contributed by atoms with Gasteiger partial charge in [0.2, 0.25) is 0 Å². The fourth-order valence-corrected chi connectivity index (χ4v) is 2.73. The van der Waals surface area contributed by atoms with Crippen molar-refractivity contribution in [3.05, 3.63) is 35.9 Å². The van der Waals surface area contributed by atoms with Crippen LogP contribution >= 0.6 is 0 Å². The number of rotatable bonds is 3. The topological polar surface area (TPSA) is 49.8 Å². The average Bonchev–Trinajstić information content (AvgIpc) is 2.87. The lowest BCUT2D eigenvalue weighted by molar-refractivity contribution is 0.00536. The maximum Gasteiger partial charge on any atom is 0.410 e. The third-order valence-corrected chi connectivity index (χ3v) is 3.66. The Hall–Kier alpha value is -1.55. The fourth-order valence-electron chi connectivity index (χ4n) is 2.73. The Kier molecular flexibility index (Phi) is 4.88. The first kappa shape index (κ1) is 15.8. The Bertz CT molecular complexity index is 467. The van der Waals surface area contributed by atoms with Gasteiger partial charge < -0.3 is 14.7 Å². The van der Waals surface area contributed by atoms with Crippen LogP contribution in [0.1, 0.15) is 39.2 Å². The van der Waals surface area contributed by atoms with Gasteiger partial charge in [0, 0.05) is 13.0 Å². The van der Waals surface area contributed by atoms with Crippen molar-refractivity contribution in [2.75, 3.05) is 6.54 Å². The highest BCUT2D eigenvalue weighted by Gasteiger charge is 2.36. The quantitative estimate of drug-likeness (QED) is 0.931. The molecule has 1 aliphatic rings. The van der Waals surface area contributed by atoms with Gasteiger partial charge in [-0.05, 0) is 39.2 Å². The summed E-state index contributed by atoms with van der Waals surface area (Å²) in [6.07, 6.45) is 1.42. The number of amides is 1. The minimum absolute atomic E-state index is 0.153. The maximum atomic E-state index is 12.2. The van der Waals surface area contributed by atoms with Crippen molar-refractivity contribution in [1.82, 2.24) is 4.90 Å². The average molecular weight is 291 g/mol. The van der Waals surface area contributed by atoms with E-state index in [-0.39, 0.29) is 12.1 Å². The van der Waals surface area contributed by atoms with Gasteiger partial charge in [-0.2, -0.15) is 0 Å². The molecule has 0 aromatic heterocycles. The molecule has 0 saturated carbocycles. The van der Waals surface area contributed by atoms with Crippen LogP contribution in [0.25, 0.3) is 0 Å². The first-order chi connectivity index (χ1) is 9.87. The third-order valence-electron chi connectivity index (χ3n) is 3.66. The molecule has 0 aliphatic carbocycles. The van der Waals surface area contributed by atoms with Gasteiger partial charge in [-0.25, -0.2) is 4.79 Å². The van der Waals surface area contributed by atoms with Crippen molar-refractivity contribution in [1.29, 1.82) is 0 Å². The van der Waals surface area contributed by atoms with E-state index in [0.29, 0.717) is 13.0 Å². The van der Waals surface area contributed by atoms with E-state index in [1.807, 2.05) is 51.1 Å². The van der Waals surface area contributed by atoms with Crippen molar-refractivity contribution >= 4 is 6.09 Å². The number of likely N-dealkylation sites (tertiary alicyclic amines) is 1. The van der Waals surface area contributed by atoms with Crippen LogP contribution in [0.5, 0.6) is 0 Å². The number of benzene rings is 1. The molecule has 1 aliphatic heterocycles. The predicted octanol–water partition coefficient (Wildman–Crippen LogP) is 2.99. The van der Waals surface area contributed by atoms with Gasteiger partial charge in [-0.3, -0.25) is 0 Å². The van der Waals surface area contributed by atoms with E-state index in [4.69, 9.17) is 4.74 Å². The highest BCUT2D eigenvalue weighted by Crippen LogP contribution is 2.24. The number of aliphatic hydroxyl groups excluding tert-OH is 1. The SMILES string of the molecule is CC(C)(C)OC(=O)N1CCC[C@H]1[C@@H](O)Cc1ccccc1. The molecule has 0 radical (unpaired) electrons. The Morgan fingerprint density at radius 3 is 2.67 bits per heavy atom. The summed E-state index contributed by atoms with van der Waals surface area (Å²) in [6.45, 7) is 6.23. The van der Waals surface area contributed by atoms with E-state index in [2.05, 4.69) is 0 Å². The van der Waals surface area contributed by atoms with Crippen molar-refractivity contribution in [2.45, 2.75) is 57.8 Å². The molecule has 1 saturated heterocycles. The second-order valence-electron chi connectivity index (χ2n) is 6.64.